The highest BCUT2D eigenvalue weighted by Crippen LogP contribution is 2.47. The SMILES string of the molecule is CN=C(NCC1Cc2ccccc21)N1CCC2(CCC2)C1.I. The van der Waals surface area contributed by atoms with E-state index in [0.29, 0.717) is 11.3 Å². The van der Waals surface area contributed by atoms with E-state index >= 15 is 0 Å². The van der Waals surface area contributed by atoms with E-state index in [4.69, 9.17) is 0 Å². The Morgan fingerprint density at radius 3 is 2.77 bits per heavy atom. The summed E-state index contributed by atoms with van der Waals surface area (Å²) in [5, 5.41) is 3.62. The second kappa shape index (κ2) is 6.38. The zero-order valence-corrected chi connectivity index (χ0v) is 15.7. The lowest BCUT2D eigenvalue weighted by atomic mass is 9.68. The fourth-order valence-corrected chi connectivity index (χ4v) is 4.29. The number of halogens is 1. The van der Waals surface area contributed by atoms with Gasteiger partial charge in [-0.15, -0.1) is 24.0 Å². The predicted octanol–water partition coefficient (Wildman–Crippen LogP) is 3.40. The van der Waals surface area contributed by atoms with Crippen molar-refractivity contribution in [2.24, 2.45) is 10.4 Å². The van der Waals surface area contributed by atoms with Crippen molar-refractivity contribution in [2.75, 3.05) is 26.7 Å². The number of guanidine groups is 1. The van der Waals surface area contributed by atoms with Crippen LogP contribution in [0.4, 0.5) is 0 Å². The van der Waals surface area contributed by atoms with Crippen LogP contribution in [0.25, 0.3) is 0 Å². The van der Waals surface area contributed by atoms with E-state index in [9.17, 15) is 0 Å². The molecule has 0 radical (unpaired) electrons. The molecule has 4 heteroatoms. The summed E-state index contributed by atoms with van der Waals surface area (Å²) < 4.78 is 0. The summed E-state index contributed by atoms with van der Waals surface area (Å²) >= 11 is 0. The summed E-state index contributed by atoms with van der Waals surface area (Å²) in [7, 11) is 1.92. The Balaban J connectivity index is 0.00000144. The molecule has 3 nitrogen and oxygen atoms in total. The first-order chi connectivity index (χ1) is 10.3. The van der Waals surface area contributed by atoms with Gasteiger partial charge in [-0.1, -0.05) is 30.7 Å². The first kappa shape index (κ1) is 16.1. The Kier molecular flexibility index (Phi) is 4.67. The van der Waals surface area contributed by atoms with Gasteiger partial charge in [-0.3, -0.25) is 4.99 Å². The maximum Gasteiger partial charge on any atom is 0.193 e. The molecule has 3 aliphatic rings. The van der Waals surface area contributed by atoms with Crippen molar-refractivity contribution in [3.63, 3.8) is 0 Å². The minimum Gasteiger partial charge on any atom is -0.356 e. The average molecular weight is 411 g/mol. The number of benzene rings is 1. The van der Waals surface area contributed by atoms with Crippen LogP contribution >= 0.6 is 24.0 Å². The zero-order chi connectivity index (χ0) is 14.3. The van der Waals surface area contributed by atoms with Crippen molar-refractivity contribution in [1.82, 2.24) is 10.2 Å². The van der Waals surface area contributed by atoms with Crippen molar-refractivity contribution in [3.8, 4) is 0 Å². The van der Waals surface area contributed by atoms with E-state index in [2.05, 4.69) is 39.5 Å². The summed E-state index contributed by atoms with van der Waals surface area (Å²) in [5.74, 6) is 1.78. The number of nitrogens with one attached hydrogen (secondary N) is 1. The van der Waals surface area contributed by atoms with Crippen LogP contribution < -0.4 is 5.32 Å². The molecule has 22 heavy (non-hydrogen) atoms. The topological polar surface area (TPSA) is 27.6 Å². The molecule has 1 spiro atoms. The number of hydrogen-bond acceptors (Lipinski definition) is 1. The Labute approximate surface area is 150 Å². The second-order valence-corrected chi connectivity index (χ2v) is 7.05. The van der Waals surface area contributed by atoms with E-state index in [1.807, 2.05) is 7.05 Å². The second-order valence-electron chi connectivity index (χ2n) is 7.05. The normalized spacial score (nSPS) is 25.0. The lowest BCUT2D eigenvalue weighted by Crippen LogP contribution is -2.44. The van der Waals surface area contributed by atoms with Crippen LogP contribution in [-0.4, -0.2) is 37.5 Å². The van der Waals surface area contributed by atoms with Gasteiger partial charge in [0.05, 0.1) is 0 Å². The molecular formula is C18H26IN3. The van der Waals surface area contributed by atoms with E-state index in [1.165, 1.54) is 56.3 Å². The van der Waals surface area contributed by atoms with Gasteiger partial charge in [0, 0.05) is 32.6 Å². The van der Waals surface area contributed by atoms with Crippen LogP contribution in [0.5, 0.6) is 0 Å². The Morgan fingerprint density at radius 2 is 2.14 bits per heavy atom. The minimum absolute atomic E-state index is 0. The molecule has 2 aliphatic carbocycles. The summed E-state index contributed by atoms with van der Waals surface area (Å²) in [5.41, 5.74) is 3.69. The van der Waals surface area contributed by atoms with Gasteiger partial charge in [0.2, 0.25) is 0 Å². The van der Waals surface area contributed by atoms with Crippen molar-refractivity contribution < 1.29 is 0 Å². The fourth-order valence-electron chi connectivity index (χ4n) is 4.29. The molecule has 120 valence electrons. The molecule has 1 saturated heterocycles. The molecule has 0 amide bonds. The molecular weight excluding hydrogens is 385 g/mol. The number of nitrogens with zero attached hydrogens (tertiary/aromatic N) is 2. The maximum atomic E-state index is 4.51. The van der Waals surface area contributed by atoms with Crippen LogP contribution in [0.3, 0.4) is 0 Å². The molecule has 1 aromatic rings. The molecule has 1 N–H and O–H groups in total. The average Bonchev–Trinajstić information content (AvgIpc) is 2.89. The molecule has 4 rings (SSSR count). The number of hydrogen-bond donors (Lipinski definition) is 1. The molecule has 1 aromatic carbocycles. The Morgan fingerprint density at radius 1 is 1.32 bits per heavy atom. The van der Waals surface area contributed by atoms with Gasteiger partial charge in [-0.05, 0) is 42.2 Å². The summed E-state index contributed by atoms with van der Waals surface area (Å²) in [6.07, 6.45) is 6.86. The number of fused-ring (bicyclic) bond motifs is 1. The maximum absolute atomic E-state index is 4.51. The van der Waals surface area contributed by atoms with Crippen LogP contribution in [0.15, 0.2) is 29.3 Å². The van der Waals surface area contributed by atoms with Crippen LogP contribution in [-0.2, 0) is 6.42 Å². The quantitative estimate of drug-likeness (QED) is 0.459. The monoisotopic (exact) mass is 411 g/mol. The first-order valence-corrected chi connectivity index (χ1v) is 8.33. The summed E-state index contributed by atoms with van der Waals surface area (Å²) in [4.78, 5) is 6.99. The molecule has 1 heterocycles. The smallest absolute Gasteiger partial charge is 0.193 e. The highest BCUT2D eigenvalue weighted by atomic mass is 127. The molecule has 0 bridgehead atoms. The van der Waals surface area contributed by atoms with Gasteiger partial charge < -0.3 is 10.2 Å². The minimum atomic E-state index is 0. The van der Waals surface area contributed by atoms with E-state index in [-0.39, 0.29) is 24.0 Å². The van der Waals surface area contributed by atoms with Crippen LogP contribution in [0.2, 0.25) is 0 Å². The molecule has 1 saturated carbocycles. The number of likely N-dealkylation sites (tertiary alicyclic amines) is 1. The third-order valence-electron chi connectivity index (χ3n) is 5.83. The van der Waals surface area contributed by atoms with Crippen molar-refractivity contribution in [1.29, 1.82) is 0 Å². The summed E-state index contributed by atoms with van der Waals surface area (Å²) in [6.45, 7) is 3.42. The van der Waals surface area contributed by atoms with Gasteiger partial charge in [0.15, 0.2) is 5.96 Å². The zero-order valence-electron chi connectivity index (χ0n) is 13.3. The van der Waals surface area contributed by atoms with Crippen molar-refractivity contribution in [2.45, 2.75) is 38.0 Å². The van der Waals surface area contributed by atoms with Crippen LogP contribution in [0, 0.1) is 5.41 Å². The predicted molar refractivity (Wildman–Crippen MR) is 102 cm³/mol. The first-order valence-electron chi connectivity index (χ1n) is 8.33. The molecule has 1 atom stereocenters. The number of aliphatic imine (C=N–C) groups is 1. The largest absolute Gasteiger partial charge is 0.356 e. The third-order valence-corrected chi connectivity index (χ3v) is 5.83. The van der Waals surface area contributed by atoms with Gasteiger partial charge in [0.1, 0.15) is 0 Å². The molecule has 0 aromatic heterocycles. The van der Waals surface area contributed by atoms with E-state index in [1.54, 1.807) is 0 Å². The lowest BCUT2D eigenvalue weighted by Gasteiger charge is -2.38. The van der Waals surface area contributed by atoms with Gasteiger partial charge >= 0.3 is 0 Å². The van der Waals surface area contributed by atoms with Crippen molar-refractivity contribution in [3.05, 3.63) is 35.4 Å². The lowest BCUT2D eigenvalue weighted by molar-refractivity contribution is 0.151. The fraction of sp³-hybridized carbons (Fsp3) is 0.611. The highest BCUT2D eigenvalue weighted by Gasteiger charge is 2.43. The van der Waals surface area contributed by atoms with Gasteiger partial charge in [-0.2, -0.15) is 0 Å². The summed E-state index contributed by atoms with van der Waals surface area (Å²) in [6, 6.07) is 8.82. The Bertz CT molecular complexity index is 565. The molecule has 2 fully saturated rings. The number of rotatable bonds is 2. The van der Waals surface area contributed by atoms with E-state index in [0.717, 1.165) is 12.5 Å². The van der Waals surface area contributed by atoms with Gasteiger partial charge in [-0.25, -0.2) is 0 Å². The molecule has 1 unspecified atom stereocenters. The standard InChI is InChI=1S/C18H25N3.HI/c1-19-17(21-10-9-18(13-21)7-4-8-18)20-12-15-11-14-5-2-3-6-16(14)15;/h2-3,5-6,15H,4,7-13H2,1H3,(H,19,20);1H. The molecule has 1 aliphatic heterocycles. The van der Waals surface area contributed by atoms with Gasteiger partial charge in [0.25, 0.3) is 0 Å². The highest BCUT2D eigenvalue weighted by molar-refractivity contribution is 14.0. The van der Waals surface area contributed by atoms with Crippen LogP contribution in [0.1, 0.15) is 42.7 Å². The van der Waals surface area contributed by atoms with Crippen molar-refractivity contribution >= 4 is 29.9 Å². The van der Waals surface area contributed by atoms with E-state index < -0.39 is 0 Å². The Hall–Kier alpha value is -0.780. The third kappa shape index (κ3) is 2.74.